The molecule has 5 atom stereocenters. The van der Waals surface area contributed by atoms with Gasteiger partial charge in [-0.1, -0.05) is 18.6 Å². The molecule has 5 aliphatic rings. The van der Waals surface area contributed by atoms with Gasteiger partial charge in [0.05, 0.1) is 30.3 Å². The van der Waals surface area contributed by atoms with E-state index in [1.165, 1.54) is 36.0 Å². The van der Waals surface area contributed by atoms with E-state index in [0.717, 1.165) is 50.4 Å². The highest BCUT2D eigenvalue weighted by molar-refractivity contribution is 5.60. The Hall–Kier alpha value is -1.14. The molecule has 1 unspecified atom stereocenters. The topological polar surface area (TPSA) is 51.2 Å². The highest BCUT2D eigenvalue weighted by Crippen LogP contribution is 2.64. The van der Waals surface area contributed by atoms with Crippen molar-refractivity contribution >= 4 is 0 Å². The number of piperidine rings is 1. The molecule has 30 heavy (non-hydrogen) atoms. The summed E-state index contributed by atoms with van der Waals surface area (Å²) in [4.78, 5) is 2.64. The summed E-state index contributed by atoms with van der Waals surface area (Å²) in [6.07, 6.45) is 7.55. The van der Waals surface area contributed by atoms with Crippen molar-refractivity contribution in [1.29, 1.82) is 0 Å². The predicted molar refractivity (Wildman–Crippen MR) is 114 cm³/mol. The van der Waals surface area contributed by atoms with E-state index in [9.17, 15) is 5.11 Å². The van der Waals surface area contributed by atoms with Crippen molar-refractivity contribution in [3.05, 3.63) is 28.8 Å². The molecule has 2 bridgehead atoms. The Morgan fingerprint density at radius 2 is 2.07 bits per heavy atom. The van der Waals surface area contributed by atoms with Gasteiger partial charge >= 0.3 is 0 Å². The number of hydrogen-bond donors (Lipinski definition) is 1. The van der Waals surface area contributed by atoms with Crippen LogP contribution in [0.3, 0.4) is 0 Å². The lowest BCUT2D eigenvalue weighted by atomic mass is 9.48. The first-order chi connectivity index (χ1) is 14.6. The normalized spacial score (nSPS) is 39.4. The second-order valence-corrected chi connectivity index (χ2v) is 10.4. The van der Waals surface area contributed by atoms with Gasteiger partial charge in [-0.15, -0.1) is 0 Å². The Bertz CT molecular complexity index is 839. The third-order valence-corrected chi connectivity index (χ3v) is 9.07. The van der Waals surface area contributed by atoms with Crippen LogP contribution >= 0.6 is 0 Å². The number of aliphatic hydroxyl groups is 1. The fraction of sp³-hybridized carbons (Fsp3) is 0.760. The van der Waals surface area contributed by atoms with Crippen LogP contribution < -0.4 is 4.74 Å². The van der Waals surface area contributed by atoms with E-state index in [2.05, 4.69) is 24.0 Å². The van der Waals surface area contributed by atoms with Gasteiger partial charge in [-0.25, -0.2) is 0 Å². The molecule has 1 spiro atoms. The Kier molecular flexibility index (Phi) is 4.51. The molecule has 0 radical (unpaired) electrons. The van der Waals surface area contributed by atoms with E-state index in [-0.39, 0.29) is 23.7 Å². The van der Waals surface area contributed by atoms with Crippen molar-refractivity contribution in [3.63, 3.8) is 0 Å². The monoisotopic (exact) mass is 413 g/mol. The zero-order valence-corrected chi connectivity index (χ0v) is 18.4. The highest BCUT2D eigenvalue weighted by atomic mass is 16.6. The fourth-order valence-electron chi connectivity index (χ4n) is 7.41. The van der Waals surface area contributed by atoms with Crippen LogP contribution in [0.25, 0.3) is 0 Å². The lowest BCUT2D eigenvalue weighted by molar-refractivity contribution is -0.217. The van der Waals surface area contributed by atoms with E-state index in [1.54, 1.807) is 7.11 Å². The van der Waals surface area contributed by atoms with Crippen LogP contribution in [0, 0.1) is 12.8 Å². The van der Waals surface area contributed by atoms with Gasteiger partial charge in [-0.3, -0.25) is 4.90 Å². The lowest BCUT2D eigenvalue weighted by Crippen LogP contribution is -2.77. The molecule has 1 aromatic rings. The van der Waals surface area contributed by atoms with Crippen LogP contribution in [-0.4, -0.2) is 67.3 Å². The van der Waals surface area contributed by atoms with Gasteiger partial charge in [0, 0.05) is 25.3 Å². The average Bonchev–Trinajstić information content (AvgIpc) is 3.05. The van der Waals surface area contributed by atoms with E-state index in [0.29, 0.717) is 13.2 Å². The molecule has 6 rings (SSSR count). The SMILES string of the molecule is COCCO[C@H]1CC[C@@]2(O)[C@H]3Cc4ccc(C)c5c4[C@@]2(CCN3CC2CCC2)C1O5. The summed E-state index contributed by atoms with van der Waals surface area (Å²) >= 11 is 0. The maximum atomic E-state index is 12.5. The van der Waals surface area contributed by atoms with Crippen LogP contribution in [0.1, 0.15) is 55.2 Å². The molecule has 3 fully saturated rings. The Morgan fingerprint density at radius 1 is 1.20 bits per heavy atom. The number of aryl methyl sites for hydroxylation is 1. The van der Waals surface area contributed by atoms with Crippen molar-refractivity contribution in [2.24, 2.45) is 5.92 Å². The summed E-state index contributed by atoms with van der Waals surface area (Å²) in [5.74, 6) is 1.85. The first-order valence-corrected chi connectivity index (χ1v) is 11.9. The number of hydrogen-bond acceptors (Lipinski definition) is 5. The van der Waals surface area contributed by atoms with Gasteiger partial charge in [-0.05, 0) is 69.0 Å². The summed E-state index contributed by atoms with van der Waals surface area (Å²) in [5.41, 5.74) is 2.83. The Labute approximate surface area is 179 Å². The van der Waals surface area contributed by atoms with Gasteiger partial charge in [-0.2, -0.15) is 0 Å². The van der Waals surface area contributed by atoms with Crippen molar-refractivity contribution in [2.45, 2.75) is 81.1 Å². The van der Waals surface area contributed by atoms with Gasteiger partial charge in [0.25, 0.3) is 0 Å². The molecule has 2 aliphatic heterocycles. The first-order valence-electron chi connectivity index (χ1n) is 11.9. The van der Waals surface area contributed by atoms with E-state index in [1.807, 2.05) is 0 Å². The quantitative estimate of drug-likeness (QED) is 0.727. The number of benzene rings is 1. The van der Waals surface area contributed by atoms with Crippen LogP contribution in [0.2, 0.25) is 0 Å². The molecule has 1 saturated heterocycles. The molecule has 2 heterocycles. The van der Waals surface area contributed by atoms with E-state index >= 15 is 0 Å². The van der Waals surface area contributed by atoms with Crippen molar-refractivity contribution in [1.82, 2.24) is 4.90 Å². The zero-order valence-electron chi connectivity index (χ0n) is 18.4. The number of nitrogens with zero attached hydrogens (tertiary/aromatic N) is 1. The fourth-order valence-corrected chi connectivity index (χ4v) is 7.41. The molecule has 2 saturated carbocycles. The minimum Gasteiger partial charge on any atom is -0.486 e. The maximum Gasteiger partial charge on any atom is 0.137 e. The summed E-state index contributed by atoms with van der Waals surface area (Å²) in [6.45, 7) is 5.52. The number of methoxy groups -OCH3 is 1. The highest BCUT2D eigenvalue weighted by Gasteiger charge is 2.73. The molecule has 1 N–H and O–H groups in total. The summed E-state index contributed by atoms with van der Waals surface area (Å²) < 4.78 is 18.2. The van der Waals surface area contributed by atoms with Crippen molar-refractivity contribution in [2.75, 3.05) is 33.4 Å². The summed E-state index contributed by atoms with van der Waals surface area (Å²) in [6, 6.07) is 4.70. The van der Waals surface area contributed by atoms with Crippen LogP contribution in [-0.2, 0) is 21.3 Å². The summed E-state index contributed by atoms with van der Waals surface area (Å²) in [5, 5.41) is 12.5. The van der Waals surface area contributed by atoms with Gasteiger partial charge < -0.3 is 19.3 Å². The van der Waals surface area contributed by atoms with Crippen LogP contribution in [0.4, 0.5) is 0 Å². The number of ether oxygens (including phenoxy) is 3. The standard InChI is InChI=1S/C25H35NO4/c1-16-6-7-18-14-20-25(27)9-8-19(29-13-12-28-2)23-24(25,21(18)22(16)30-23)10-11-26(20)15-17-4-3-5-17/h6-7,17,19-20,23,27H,3-5,8-15H2,1-2H3/t19-,20+,23?,24-,25+/m0/s1. The molecule has 0 aromatic heterocycles. The van der Waals surface area contributed by atoms with Gasteiger partial charge in [0.1, 0.15) is 11.9 Å². The predicted octanol–water partition coefficient (Wildman–Crippen LogP) is 2.98. The largest absolute Gasteiger partial charge is 0.486 e. The first kappa shape index (κ1) is 19.5. The Morgan fingerprint density at radius 3 is 2.83 bits per heavy atom. The van der Waals surface area contributed by atoms with Crippen LogP contribution in [0.15, 0.2) is 12.1 Å². The number of rotatable bonds is 6. The van der Waals surface area contributed by atoms with E-state index in [4.69, 9.17) is 14.2 Å². The molecule has 5 nitrogen and oxygen atoms in total. The third-order valence-electron chi connectivity index (χ3n) is 9.07. The second kappa shape index (κ2) is 6.93. The molecule has 1 aromatic carbocycles. The van der Waals surface area contributed by atoms with Gasteiger partial charge in [0.2, 0.25) is 0 Å². The van der Waals surface area contributed by atoms with Crippen molar-refractivity contribution < 1.29 is 19.3 Å². The van der Waals surface area contributed by atoms with E-state index < -0.39 is 5.60 Å². The molecular formula is C25H35NO4. The molecule has 0 amide bonds. The zero-order chi connectivity index (χ0) is 20.5. The smallest absolute Gasteiger partial charge is 0.137 e. The number of likely N-dealkylation sites (tertiary alicyclic amines) is 1. The Balaban J connectivity index is 1.42. The molecular weight excluding hydrogens is 378 g/mol. The summed E-state index contributed by atoms with van der Waals surface area (Å²) in [7, 11) is 1.71. The molecule has 164 valence electrons. The minimum atomic E-state index is -0.729. The molecule has 3 aliphatic carbocycles. The molecule has 5 heteroatoms. The van der Waals surface area contributed by atoms with Gasteiger partial charge in [0.15, 0.2) is 0 Å². The lowest BCUT2D eigenvalue weighted by Gasteiger charge is -2.64. The second-order valence-electron chi connectivity index (χ2n) is 10.4. The third kappa shape index (κ3) is 2.44. The minimum absolute atomic E-state index is 0.0111. The van der Waals surface area contributed by atoms with Crippen LogP contribution in [0.5, 0.6) is 5.75 Å². The maximum absolute atomic E-state index is 12.5. The average molecular weight is 414 g/mol. The van der Waals surface area contributed by atoms with Crippen molar-refractivity contribution in [3.8, 4) is 5.75 Å².